The van der Waals surface area contributed by atoms with Crippen molar-refractivity contribution >= 4 is 16.0 Å². The number of rotatable bonds is 8. The lowest BCUT2D eigenvalue weighted by molar-refractivity contribution is -0.137. The fourth-order valence-corrected chi connectivity index (χ4v) is 3.74. The summed E-state index contributed by atoms with van der Waals surface area (Å²) < 4.78 is 63.6. The number of nitrogens with one attached hydrogen (secondary N) is 3. The SMILES string of the molecule is CN=C(NCCCNS(C)(=O)=O)NCC1(c2cccc(C(F)(F)F)c2)CCC1. The van der Waals surface area contributed by atoms with Crippen molar-refractivity contribution in [3.05, 3.63) is 35.4 Å². The van der Waals surface area contributed by atoms with Crippen molar-refractivity contribution in [1.82, 2.24) is 15.4 Å². The highest BCUT2D eigenvalue weighted by Crippen LogP contribution is 2.44. The van der Waals surface area contributed by atoms with E-state index in [0.717, 1.165) is 31.6 Å². The predicted molar refractivity (Wildman–Crippen MR) is 104 cm³/mol. The Morgan fingerprint density at radius 3 is 2.46 bits per heavy atom. The van der Waals surface area contributed by atoms with Crippen LogP contribution in [0.3, 0.4) is 0 Å². The van der Waals surface area contributed by atoms with Gasteiger partial charge in [0.2, 0.25) is 10.0 Å². The number of alkyl halides is 3. The van der Waals surface area contributed by atoms with Gasteiger partial charge in [0, 0.05) is 32.1 Å². The summed E-state index contributed by atoms with van der Waals surface area (Å²) in [6, 6.07) is 5.55. The van der Waals surface area contributed by atoms with Gasteiger partial charge in [-0.15, -0.1) is 0 Å². The Balaban J connectivity index is 1.91. The molecular formula is C18H27F3N4O2S. The maximum absolute atomic E-state index is 13.0. The number of hydrogen-bond donors (Lipinski definition) is 3. The van der Waals surface area contributed by atoms with Crippen molar-refractivity contribution in [2.45, 2.75) is 37.3 Å². The van der Waals surface area contributed by atoms with Crippen LogP contribution in [0.4, 0.5) is 13.2 Å². The van der Waals surface area contributed by atoms with Crippen LogP contribution in [-0.4, -0.2) is 47.3 Å². The summed E-state index contributed by atoms with van der Waals surface area (Å²) in [7, 11) is -1.59. The molecule has 1 aliphatic rings. The van der Waals surface area contributed by atoms with E-state index in [9.17, 15) is 21.6 Å². The highest BCUT2D eigenvalue weighted by Gasteiger charge is 2.40. The summed E-state index contributed by atoms with van der Waals surface area (Å²) in [6.45, 7) is 1.31. The van der Waals surface area contributed by atoms with Crippen molar-refractivity contribution in [3.63, 3.8) is 0 Å². The molecule has 10 heteroatoms. The maximum Gasteiger partial charge on any atom is 0.416 e. The zero-order valence-electron chi connectivity index (χ0n) is 16.1. The van der Waals surface area contributed by atoms with E-state index in [-0.39, 0.29) is 5.41 Å². The van der Waals surface area contributed by atoms with Gasteiger partial charge in [0.25, 0.3) is 0 Å². The lowest BCUT2D eigenvalue weighted by Gasteiger charge is -2.43. The number of halogens is 3. The fraction of sp³-hybridized carbons (Fsp3) is 0.611. The molecule has 1 aromatic rings. The van der Waals surface area contributed by atoms with Gasteiger partial charge in [0.1, 0.15) is 0 Å². The third-order valence-electron chi connectivity index (χ3n) is 4.94. The van der Waals surface area contributed by atoms with Gasteiger partial charge in [-0.2, -0.15) is 13.2 Å². The van der Waals surface area contributed by atoms with Gasteiger partial charge in [-0.1, -0.05) is 24.6 Å². The molecule has 0 unspecified atom stereocenters. The number of aliphatic imine (C=N–C) groups is 1. The first-order chi connectivity index (χ1) is 13.1. The van der Waals surface area contributed by atoms with Gasteiger partial charge in [-0.05, 0) is 30.9 Å². The van der Waals surface area contributed by atoms with Gasteiger partial charge in [0.05, 0.1) is 11.8 Å². The fourth-order valence-electron chi connectivity index (χ4n) is 3.22. The van der Waals surface area contributed by atoms with E-state index in [1.165, 1.54) is 12.1 Å². The third-order valence-corrected chi connectivity index (χ3v) is 5.67. The Hall–Kier alpha value is -1.81. The number of hydrogen-bond acceptors (Lipinski definition) is 3. The Kier molecular flexibility index (Phi) is 7.33. The topological polar surface area (TPSA) is 82.6 Å². The molecule has 1 aromatic carbocycles. The third kappa shape index (κ3) is 6.37. The van der Waals surface area contributed by atoms with Crippen molar-refractivity contribution in [3.8, 4) is 0 Å². The van der Waals surface area contributed by atoms with Crippen LogP contribution < -0.4 is 15.4 Å². The number of benzene rings is 1. The van der Waals surface area contributed by atoms with Gasteiger partial charge in [-0.25, -0.2) is 13.1 Å². The summed E-state index contributed by atoms with van der Waals surface area (Å²) in [5, 5.41) is 6.28. The first kappa shape index (κ1) is 22.5. The Morgan fingerprint density at radius 1 is 1.21 bits per heavy atom. The average Bonchev–Trinajstić information content (AvgIpc) is 2.57. The summed E-state index contributed by atoms with van der Waals surface area (Å²) in [6.07, 6.45) is -0.0699. The van der Waals surface area contributed by atoms with Gasteiger partial charge >= 0.3 is 6.18 Å². The number of nitrogens with zero attached hydrogens (tertiary/aromatic N) is 1. The lowest BCUT2D eigenvalue weighted by atomic mass is 9.64. The van der Waals surface area contributed by atoms with Crippen LogP contribution in [0.5, 0.6) is 0 Å². The highest BCUT2D eigenvalue weighted by atomic mass is 32.2. The maximum atomic E-state index is 13.0. The minimum Gasteiger partial charge on any atom is -0.356 e. The number of sulfonamides is 1. The van der Waals surface area contributed by atoms with E-state index in [4.69, 9.17) is 0 Å². The van der Waals surface area contributed by atoms with Gasteiger partial charge < -0.3 is 10.6 Å². The molecule has 3 N–H and O–H groups in total. The lowest BCUT2D eigenvalue weighted by Crippen LogP contribution is -2.49. The summed E-state index contributed by atoms with van der Waals surface area (Å²) >= 11 is 0. The van der Waals surface area contributed by atoms with Crippen molar-refractivity contribution in [1.29, 1.82) is 0 Å². The van der Waals surface area contributed by atoms with Crippen LogP contribution in [0.25, 0.3) is 0 Å². The van der Waals surface area contributed by atoms with E-state index in [2.05, 4.69) is 20.3 Å². The quantitative estimate of drug-likeness (QED) is 0.342. The van der Waals surface area contributed by atoms with Crippen LogP contribution in [0.1, 0.15) is 36.8 Å². The molecule has 1 aliphatic carbocycles. The van der Waals surface area contributed by atoms with Crippen LogP contribution in [0.2, 0.25) is 0 Å². The molecule has 1 saturated carbocycles. The van der Waals surface area contributed by atoms with E-state index >= 15 is 0 Å². The van der Waals surface area contributed by atoms with Crippen molar-refractivity contribution < 1.29 is 21.6 Å². The van der Waals surface area contributed by atoms with Crippen molar-refractivity contribution in [2.24, 2.45) is 4.99 Å². The molecule has 0 radical (unpaired) electrons. The second kappa shape index (κ2) is 9.13. The first-order valence-electron chi connectivity index (χ1n) is 9.13. The second-order valence-corrected chi connectivity index (χ2v) is 8.92. The van der Waals surface area contributed by atoms with E-state index in [1.807, 2.05) is 0 Å². The standard InChI is InChI=1S/C18H27F3N4O2S/c1-22-16(23-10-5-11-25-28(2,26)27)24-13-17(8-4-9-17)14-6-3-7-15(12-14)18(19,20)21/h3,6-7,12,25H,4-5,8-11,13H2,1-2H3,(H2,22,23,24). The summed E-state index contributed by atoms with van der Waals surface area (Å²) in [5.41, 5.74) is -0.275. The van der Waals surface area contributed by atoms with Gasteiger partial charge in [0.15, 0.2) is 5.96 Å². The average molecular weight is 421 g/mol. The minimum absolute atomic E-state index is 0.316. The summed E-state index contributed by atoms with van der Waals surface area (Å²) in [5.74, 6) is 0.539. The van der Waals surface area contributed by atoms with Crippen LogP contribution in [0.15, 0.2) is 29.3 Å². The zero-order valence-corrected chi connectivity index (χ0v) is 16.9. The Bertz CT molecular complexity index is 790. The highest BCUT2D eigenvalue weighted by molar-refractivity contribution is 7.88. The normalized spacial score (nSPS) is 17.1. The smallest absolute Gasteiger partial charge is 0.356 e. The molecule has 1 fully saturated rings. The summed E-state index contributed by atoms with van der Waals surface area (Å²) in [4.78, 5) is 4.12. The molecule has 0 bridgehead atoms. The zero-order chi connectivity index (χ0) is 20.8. The van der Waals surface area contributed by atoms with E-state index in [1.54, 1.807) is 13.1 Å². The Morgan fingerprint density at radius 2 is 1.93 bits per heavy atom. The molecule has 0 saturated heterocycles. The van der Waals surface area contributed by atoms with E-state index < -0.39 is 21.8 Å². The minimum atomic E-state index is -4.36. The van der Waals surface area contributed by atoms with Crippen molar-refractivity contribution in [2.75, 3.05) is 32.9 Å². The Labute approximate surface area is 164 Å². The molecule has 0 amide bonds. The number of guanidine groups is 1. The molecule has 0 spiro atoms. The van der Waals surface area contributed by atoms with Crippen LogP contribution in [-0.2, 0) is 21.6 Å². The molecule has 158 valence electrons. The molecule has 28 heavy (non-hydrogen) atoms. The molecule has 0 atom stereocenters. The largest absolute Gasteiger partial charge is 0.416 e. The molecule has 0 heterocycles. The molecular weight excluding hydrogens is 393 g/mol. The molecule has 0 aliphatic heterocycles. The van der Waals surface area contributed by atoms with Crippen LogP contribution in [0, 0.1) is 0 Å². The van der Waals surface area contributed by atoms with Crippen LogP contribution >= 0.6 is 0 Å². The monoisotopic (exact) mass is 420 g/mol. The molecule has 6 nitrogen and oxygen atoms in total. The van der Waals surface area contributed by atoms with Gasteiger partial charge in [-0.3, -0.25) is 4.99 Å². The predicted octanol–water partition coefficient (Wildman–Crippen LogP) is 2.23. The van der Waals surface area contributed by atoms with E-state index in [0.29, 0.717) is 37.6 Å². The molecule has 2 rings (SSSR count). The second-order valence-electron chi connectivity index (χ2n) is 7.09. The molecule has 0 aromatic heterocycles. The first-order valence-corrected chi connectivity index (χ1v) is 11.0.